The van der Waals surface area contributed by atoms with E-state index in [1.165, 1.54) is 10.7 Å². The highest BCUT2D eigenvalue weighted by Crippen LogP contribution is 2.28. The molecule has 1 amide bonds. The quantitative estimate of drug-likeness (QED) is 0.784. The summed E-state index contributed by atoms with van der Waals surface area (Å²) >= 11 is 0. The molecule has 0 spiro atoms. The molecule has 2 fully saturated rings. The number of benzene rings is 1. The van der Waals surface area contributed by atoms with Crippen molar-refractivity contribution in [2.45, 2.75) is 69.7 Å². The standard InChI is InChI=1S/C21H32N2O4S/c1-3-27-20-12-11-19(14-16(20)2)28(25,26)23-13-7-8-17(15-23)21(24)22-18-9-5-4-6-10-18/h11-12,14,17-18H,3-10,13,15H2,1-2H3,(H,22,24)/t17-/m0/s1. The monoisotopic (exact) mass is 408 g/mol. The summed E-state index contributed by atoms with van der Waals surface area (Å²) in [4.78, 5) is 13.0. The van der Waals surface area contributed by atoms with Crippen molar-refractivity contribution in [1.29, 1.82) is 0 Å². The highest BCUT2D eigenvalue weighted by Gasteiger charge is 2.34. The van der Waals surface area contributed by atoms with E-state index in [0.29, 0.717) is 25.3 Å². The lowest BCUT2D eigenvalue weighted by molar-refractivity contribution is -0.127. The summed E-state index contributed by atoms with van der Waals surface area (Å²) in [7, 11) is -3.62. The number of sulfonamides is 1. The fraction of sp³-hybridized carbons (Fsp3) is 0.667. The van der Waals surface area contributed by atoms with Gasteiger partial charge < -0.3 is 10.1 Å². The first-order valence-electron chi connectivity index (χ1n) is 10.5. The first-order valence-corrected chi connectivity index (χ1v) is 11.9. The lowest BCUT2D eigenvalue weighted by Crippen LogP contribution is -2.47. The first-order chi connectivity index (χ1) is 13.4. The maximum Gasteiger partial charge on any atom is 0.243 e. The number of carbonyl (C=O) groups excluding carboxylic acids is 1. The second kappa shape index (κ2) is 9.27. The van der Waals surface area contributed by atoms with Gasteiger partial charge >= 0.3 is 0 Å². The van der Waals surface area contributed by atoms with Gasteiger partial charge in [-0.1, -0.05) is 19.3 Å². The normalized spacial score (nSPS) is 22.0. The van der Waals surface area contributed by atoms with Gasteiger partial charge in [0.2, 0.25) is 15.9 Å². The summed E-state index contributed by atoms with van der Waals surface area (Å²) in [6, 6.07) is 5.22. The number of hydrogen-bond acceptors (Lipinski definition) is 4. The zero-order valence-corrected chi connectivity index (χ0v) is 17.8. The second-order valence-corrected chi connectivity index (χ2v) is 9.84. The Morgan fingerprint density at radius 2 is 1.93 bits per heavy atom. The molecule has 6 nitrogen and oxygen atoms in total. The molecule has 1 saturated heterocycles. The Labute approximate surface area is 168 Å². The Hall–Kier alpha value is -1.60. The van der Waals surface area contributed by atoms with Gasteiger partial charge in [0.15, 0.2) is 0 Å². The smallest absolute Gasteiger partial charge is 0.243 e. The van der Waals surface area contributed by atoms with Gasteiger partial charge in [0.05, 0.1) is 17.4 Å². The Balaban J connectivity index is 1.68. The molecular weight excluding hydrogens is 376 g/mol. The average molecular weight is 409 g/mol. The third kappa shape index (κ3) is 4.87. The van der Waals surface area contributed by atoms with Crippen molar-refractivity contribution in [2.75, 3.05) is 19.7 Å². The minimum absolute atomic E-state index is 0.00896. The second-order valence-electron chi connectivity index (χ2n) is 7.91. The molecule has 1 aromatic rings. The van der Waals surface area contributed by atoms with E-state index in [4.69, 9.17) is 4.74 Å². The molecule has 1 aromatic carbocycles. The molecule has 1 saturated carbocycles. The predicted molar refractivity (Wildman–Crippen MR) is 109 cm³/mol. The Bertz CT molecular complexity index is 788. The van der Waals surface area contributed by atoms with Crippen molar-refractivity contribution in [3.05, 3.63) is 23.8 Å². The van der Waals surface area contributed by atoms with Crippen LogP contribution in [0, 0.1) is 12.8 Å². The van der Waals surface area contributed by atoms with Crippen molar-refractivity contribution in [1.82, 2.24) is 9.62 Å². The van der Waals surface area contributed by atoms with Gasteiger partial charge in [-0.2, -0.15) is 4.31 Å². The fourth-order valence-corrected chi connectivity index (χ4v) is 5.80. The summed E-state index contributed by atoms with van der Waals surface area (Å²) in [5.41, 5.74) is 0.798. The van der Waals surface area contributed by atoms with Crippen molar-refractivity contribution < 1.29 is 17.9 Å². The van der Waals surface area contributed by atoms with E-state index < -0.39 is 10.0 Å². The molecule has 1 N–H and O–H groups in total. The topological polar surface area (TPSA) is 75.7 Å². The van der Waals surface area contributed by atoms with E-state index in [1.54, 1.807) is 18.2 Å². The molecule has 0 unspecified atom stereocenters. The van der Waals surface area contributed by atoms with Crippen LogP contribution in [-0.4, -0.2) is 44.4 Å². The predicted octanol–water partition coefficient (Wildman–Crippen LogP) is 3.24. The van der Waals surface area contributed by atoms with Crippen LogP contribution in [0.15, 0.2) is 23.1 Å². The molecule has 28 heavy (non-hydrogen) atoms. The molecule has 0 bridgehead atoms. The molecule has 1 heterocycles. The largest absolute Gasteiger partial charge is 0.494 e. The number of nitrogens with one attached hydrogen (secondary N) is 1. The highest BCUT2D eigenvalue weighted by molar-refractivity contribution is 7.89. The number of amides is 1. The third-order valence-corrected chi connectivity index (χ3v) is 7.65. The lowest BCUT2D eigenvalue weighted by atomic mass is 9.93. The minimum Gasteiger partial charge on any atom is -0.494 e. The number of piperidine rings is 1. The van der Waals surface area contributed by atoms with Crippen LogP contribution in [0.5, 0.6) is 5.75 Å². The third-order valence-electron chi connectivity index (χ3n) is 5.79. The van der Waals surface area contributed by atoms with E-state index in [2.05, 4.69) is 5.32 Å². The zero-order valence-electron chi connectivity index (χ0n) is 16.9. The molecule has 156 valence electrons. The van der Waals surface area contributed by atoms with Gasteiger partial charge in [-0.25, -0.2) is 8.42 Å². The summed E-state index contributed by atoms with van der Waals surface area (Å²) < 4.78 is 33.2. The van der Waals surface area contributed by atoms with Crippen LogP contribution in [-0.2, 0) is 14.8 Å². The van der Waals surface area contributed by atoms with Crippen LogP contribution in [0.1, 0.15) is 57.4 Å². The summed E-state index contributed by atoms with van der Waals surface area (Å²) in [6.45, 7) is 5.00. The van der Waals surface area contributed by atoms with Crippen molar-refractivity contribution in [3.8, 4) is 5.75 Å². The fourth-order valence-electron chi connectivity index (χ4n) is 4.19. The van der Waals surface area contributed by atoms with Gasteiger partial charge in [-0.15, -0.1) is 0 Å². The molecule has 0 radical (unpaired) electrons. The molecule has 3 rings (SSSR count). The van der Waals surface area contributed by atoms with E-state index >= 15 is 0 Å². The van der Waals surface area contributed by atoms with Crippen molar-refractivity contribution in [2.24, 2.45) is 5.92 Å². The highest BCUT2D eigenvalue weighted by atomic mass is 32.2. The lowest BCUT2D eigenvalue weighted by Gasteiger charge is -2.33. The van der Waals surface area contributed by atoms with Crippen molar-refractivity contribution >= 4 is 15.9 Å². The maximum atomic E-state index is 13.1. The van der Waals surface area contributed by atoms with Crippen LogP contribution in [0.25, 0.3) is 0 Å². The van der Waals surface area contributed by atoms with Crippen LogP contribution >= 0.6 is 0 Å². The SMILES string of the molecule is CCOc1ccc(S(=O)(=O)N2CCC[C@H](C(=O)NC3CCCCC3)C2)cc1C. The van der Waals surface area contributed by atoms with Crippen LogP contribution < -0.4 is 10.1 Å². The molecule has 0 aromatic heterocycles. The minimum atomic E-state index is -3.62. The van der Waals surface area contributed by atoms with E-state index in [1.807, 2.05) is 13.8 Å². The number of ether oxygens (including phenoxy) is 1. The van der Waals surface area contributed by atoms with Crippen LogP contribution in [0.3, 0.4) is 0 Å². The summed E-state index contributed by atoms with van der Waals surface area (Å²) in [5.74, 6) is 0.439. The molecule has 1 atom stereocenters. The maximum absolute atomic E-state index is 13.1. The molecule has 2 aliphatic rings. The molecule has 1 aliphatic heterocycles. The van der Waals surface area contributed by atoms with E-state index in [9.17, 15) is 13.2 Å². The van der Waals surface area contributed by atoms with Gasteiger partial charge in [0, 0.05) is 19.1 Å². The molecular formula is C21H32N2O4S. The number of carbonyl (C=O) groups is 1. The Kier molecular flexibility index (Phi) is 6.99. The Morgan fingerprint density at radius 1 is 1.18 bits per heavy atom. The van der Waals surface area contributed by atoms with Gasteiger partial charge in [-0.3, -0.25) is 4.79 Å². The molecule has 7 heteroatoms. The summed E-state index contributed by atoms with van der Waals surface area (Å²) in [6.07, 6.45) is 7.08. The number of hydrogen-bond donors (Lipinski definition) is 1. The van der Waals surface area contributed by atoms with Gasteiger partial charge in [0.25, 0.3) is 0 Å². The Morgan fingerprint density at radius 3 is 2.61 bits per heavy atom. The van der Waals surface area contributed by atoms with Gasteiger partial charge in [0.1, 0.15) is 5.75 Å². The average Bonchev–Trinajstić information content (AvgIpc) is 2.70. The first kappa shape index (κ1) is 21.1. The van der Waals surface area contributed by atoms with E-state index in [-0.39, 0.29) is 29.3 Å². The zero-order chi connectivity index (χ0) is 20.1. The van der Waals surface area contributed by atoms with Crippen molar-refractivity contribution in [3.63, 3.8) is 0 Å². The number of nitrogens with zero attached hydrogens (tertiary/aromatic N) is 1. The van der Waals surface area contributed by atoms with Gasteiger partial charge in [-0.05, 0) is 63.3 Å². The van der Waals surface area contributed by atoms with Crippen LogP contribution in [0.2, 0.25) is 0 Å². The van der Waals surface area contributed by atoms with Crippen LogP contribution in [0.4, 0.5) is 0 Å². The van der Waals surface area contributed by atoms with E-state index in [0.717, 1.165) is 37.7 Å². The number of rotatable bonds is 6. The number of aryl methyl sites for hydroxylation is 1. The molecule has 1 aliphatic carbocycles. The summed E-state index contributed by atoms with van der Waals surface area (Å²) in [5, 5.41) is 3.15.